The summed E-state index contributed by atoms with van der Waals surface area (Å²) in [6, 6.07) is 6.80. The molecule has 2 aliphatic carbocycles. The quantitative estimate of drug-likeness (QED) is 0.859. The van der Waals surface area contributed by atoms with E-state index in [9.17, 15) is 14.7 Å². The number of amides is 1. The lowest BCUT2D eigenvalue weighted by Crippen LogP contribution is -2.62. The Hall–Kier alpha value is -2.66. The van der Waals surface area contributed by atoms with E-state index in [2.05, 4.69) is 19.2 Å². The van der Waals surface area contributed by atoms with E-state index in [1.165, 1.54) is 6.92 Å². The fourth-order valence-corrected chi connectivity index (χ4v) is 4.14. The van der Waals surface area contributed by atoms with Gasteiger partial charge in [0.05, 0.1) is 0 Å². The summed E-state index contributed by atoms with van der Waals surface area (Å²) in [5.41, 5.74) is 0.725. The molecule has 2 atom stereocenters. The number of Topliss-reactive ketones (excluding diaryl/α,β-unsaturated/α-hetero) is 1. The lowest BCUT2D eigenvalue weighted by molar-refractivity contribution is -0.196. The molecule has 0 bridgehead atoms. The third-order valence-corrected chi connectivity index (χ3v) is 5.36. The molecule has 0 radical (unpaired) electrons. The van der Waals surface area contributed by atoms with Gasteiger partial charge >= 0.3 is 0 Å². The van der Waals surface area contributed by atoms with Gasteiger partial charge in [-0.3, -0.25) is 9.59 Å². The molecule has 1 aliphatic heterocycles. The van der Waals surface area contributed by atoms with Crippen LogP contribution in [0.4, 0.5) is 0 Å². The third kappa shape index (κ3) is 1.95. The van der Waals surface area contributed by atoms with E-state index in [-0.39, 0.29) is 5.78 Å². The molecule has 0 spiro atoms. The summed E-state index contributed by atoms with van der Waals surface area (Å²) in [7, 11) is 0. The molecule has 0 aromatic heterocycles. The molecule has 0 saturated carbocycles. The highest BCUT2D eigenvalue weighted by molar-refractivity contribution is 6.13. The molecule has 134 valence electrons. The van der Waals surface area contributed by atoms with Gasteiger partial charge in [-0.05, 0) is 11.5 Å². The predicted molar refractivity (Wildman–Crippen MR) is 96.0 cm³/mol. The van der Waals surface area contributed by atoms with Crippen LogP contribution in [0.15, 0.2) is 59.4 Å². The van der Waals surface area contributed by atoms with Crippen LogP contribution in [0.1, 0.15) is 43.1 Å². The fraction of sp³-hybridized carbons (Fsp3) is 0.333. The van der Waals surface area contributed by atoms with Crippen molar-refractivity contribution in [1.29, 1.82) is 0 Å². The van der Waals surface area contributed by atoms with E-state index in [0.717, 1.165) is 5.57 Å². The molecule has 5 nitrogen and oxygen atoms in total. The van der Waals surface area contributed by atoms with E-state index in [1.54, 1.807) is 30.3 Å². The number of hydrogen-bond donors (Lipinski definition) is 2. The van der Waals surface area contributed by atoms with Gasteiger partial charge < -0.3 is 15.2 Å². The molecular weight excluding hydrogens is 330 g/mol. The number of nitrogens with one attached hydrogen (secondary N) is 1. The first kappa shape index (κ1) is 16.8. The number of benzene rings is 1. The van der Waals surface area contributed by atoms with Gasteiger partial charge in [0.2, 0.25) is 17.2 Å². The standard InChI is InChI=1S/C21H21NO4/c1-12(2)14-8-10-17-18(11-9-14)26-21(25)16-7-5-4-6-15(16)19(24)20(17,21)22-13(3)23/h4-10,12,25H,11H2,1-3H3,(H,22,23). The largest absolute Gasteiger partial charge is 0.458 e. The second-order valence-corrected chi connectivity index (χ2v) is 7.29. The van der Waals surface area contributed by atoms with Crippen molar-refractivity contribution in [3.05, 3.63) is 70.5 Å². The van der Waals surface area contributed by atoms with Gasteiger partial charge in [-0.2, -0.15) is 0 Å². The minimum atomic E-state index is -1.94. The molecule has 5 heteroatoms. The highest BCUT2D eigenvalue weighted by Gasteiger charge is 2.71. The average molecular weight is 351 g/mol. The minimum Gasteiger partial charge on any atom is -0.458 e. The maximum Gasteiger partial charge on any atom is 0.270 e. The van der Waals surface area contributed by atoms with Gasteiger partial charge in [-0.25, -0.2) is 0 Å². The van der Waals surface area contributed by atoms with Crippen molar-refractivity contribution < 1.29 is 19.4 Å². The number of carbonyl (C=O) groups is 2. The van der Waals surface area contributed by atoms with Crippen LogP contribution < -0.4 is 5.32 Å². The van der Waals surface area contributed by atoms with Crippen LogP contribution in [0, 0.1) is 5.92 Å². The molecule has 1 heterocycles. The average Bonchev–Trinajstić information content (AvgIpc) is 2.82. The van der Waals surface area contributed by atoms with Crippen LogP contribution in [-0.4, -0.2) is 22.3 Å². The molecule has 2 N–H and O–H groups in total. The van der Waals surface area contributed by atoms with Crippen molar-refractivity contribution >= 4 is 11.7 Å². The molecule has 1 amide bonds. The monoisotopic (exact) mass is 351 g/mol. The molecule has 1 aromatic rings. The Morgan fingerprint density at radius 2 is 2.00 bits per heavy atom. The summed E-state index contributed by atoms with van der Waals surface area (Å²) in [5.74, 6) is -1.87. The predicted octanol–water partition coefficient (Wildman–Crippen LogP) is 2.73. The number of rotatable bonds is 2. The van der Waals surface area contributed by atoms with Gasteiger partial charge in [0.1, 0.15) is 5.76 Å². The Bertz CT molecular complexity index is 924. The Labute approximate surface area is 152 Å². The highest BCUT2D eigenvalue weighted by Crippen LogP contribution is 2.56. The summed E-state index contributed by atoms with van der Waals surface area (Å²) in [4.78, 5) is 25.4. The molecule has 3 aliphatic rings. The van der Waals surface area contributed by atoms with E-state index in [0.29, 0.717) is 34.8 Å². The molecule has 1 aromatic carbocycles. The summed E-state index contributed by atoms with van der Waals surface area (Å²) in [6.45, 7) is 5.51. The topological polar surface area (TPSA) is 75.6 Å². The Morgan fingerprint density at radius 1 is 1.27 bits per heavy atom. The van der Waals surface area contributed by atoms with Gasteiger partial charge in [-0.15, -0.1) is 0 Å². The van der Waals surface area contributed by atoms with E-state index >= 15 is 0 Å². The zero-order valence-corrected chi connectivity index (χ0v) is 15.0. The van der Waals surface area contributed by atoms with Crippen molar-refractivity contribution in [3.8, 4) is 0 Å². The number of allylic oxidation sites excluding steroid dienone is 3. The lowest BCUT2D eigenvalue weighted by atomic mass is 9.81. The van der Waals surface area contributed by atoms with E-state index < -0.39 is 17.2 Å². The smallest absolute Gasteiger partial charge is 0.270 e. The van der Waals surface area contributed by atoms with Crippen molar-refractivity contribution in [1.82, 2.24) is 5.32 Å². The molecule has 4 rings (SSSR count). The minimum absolute atomic E-state index is 0.318. The van der Waals surface area contributed by atoms with Crippen molar-refractivity contribution in [2.45, 2.75) is 38.5 Å². The van der Waals surface area contributed by atoms with Crippen LogP contribution in [0.2, 0.25) is 0 Å². The van der Waals surface area contributed by atoms with Crippen LogP contribution in [0.25, 0.3) is 0 Å². The highest BCUT2D eigenvalue weighted by atomic mass is 16.6. The van der Waals surface area contributed by atoms with Crippen LogP contribution in [-0.2, 0) is 15.3 Å². The van der Waals surface area contributed by atoms with Crippen LogP contribution in [0.3, 0.4) is 0 Å². The van der Waals surface area contributed by atoms with E-state index in [4.69, 9.17) is 4.74 Å². The summed E-state index contributed by atoms with van der Waals surface area (Å²) in [6.07, 6.45) is 6.22. The van der Waals surface area contributed by atoms with Crippen molar-refractivity contribution in [3.63, 3.8) is 0 Å². The number of aliphatic hydroxyl groups is 1. The maximum absolute atomic E-state index is 13.4. The number of ketones is 1. The number of ether oxygens (including phenoxy) is 1. The van der Waals surface area contributed by atoms with Gasteiger partial charge in [-0.1, -0.05) is 56.3 Å². The normalized spacial score (nSPS) is 29.0. The summed E-state index contributed by atoms with van der Waals surface area (Å²) >= 11 is 0. The number of fused-ring (bicyclic) bond motifs is 4. The lowest BCUT2D eigenvalue weighted by Gasteiger charge is -2.35. The summed E-state index contributed by atoms with van der Waals surface area (Å²) in [5, 5.41) is 14.2. The van der Waals surface area contributed by atoms with Crippen molar-refractivity contribution in [2.24, 2.45) is 5.92 Å². The van der Waals surface area contributed by atoms with Gasteiger partial charge in [0.25, 0.3) is 5.79 Å². The first-order valence-corrected chi connectivity index (χ1v) is 8.77. The molecule has 0 saturated heterocycles. The fourth-order valence-electron chi connectivity index (χ4n) is 4.14. The van der Waals surface area contributed by atoms with Gasteiger partial charge in [0, 0.05) is 30.0 Å². The number of hydrogen-bond acceptors (Lipinski definition) is 4. The molecule has 2 unspecified atom stereocenters. The second-order valence-electron chi connectivity index (χ2n) is 7.29. The zero-order valence-electron chi connectivity index (χ0n) is 15.0. The molecule has 26 heavy (non-hydrogen) atoms. The summed E-state index contributed by atoms with van der Waals surface area (Å²) < 4.78 is 5.99. The van der Waals surface area contributed by atoms with Gasteiger partial charge in [0.15, 0.2) is 0 Å². The maximum atomic E-state index is 13.4. The Balaban J connectivity index is 1.93. The van der Waals surface area contributed by atoms with Crippen molar-refractivity contribution in [2.75, 3.05) is 0 Å². The SMILES string of the molecule is CC(=O)NC12C(=O)c3ccccc3C1(O)OC1=C2C=CC(C(C)C)=CC1. The van der Waals surface area contributed by atoms with E-state index in [1.807, 2.05) is 12.2 Å². The second kappa shape index (κ2) is 5.42. The third-order valence-electron chi connectivity index (χ3n) is 5.36. The van der Waals surface area contributed by atoms with Crippen LogP contribution >= 0.6 is 0 Å². The Kier molecular flexibility index (Phi) is 3.50. The molecular formula is C21H21NO4. The number of carbonyl (C=O) groups excluding carboxylic acids is 2. The zero-order chi connectivity index (χ0) is 18.7. The first-order chi connectivity index (χ1) is 12.3. The molecule has 0 fully saturated rings. The van der Waals surface area contributed by atoms with Crippen LogP contribution in [0.5, 0.6) is 0 Å². The first-order valence-electron chi connectivity index (χ1n) is 8.77. The Morgan fingerprint density at radius 3 is 2.69 bits per heavy atom.